The molecule has 0 bridgehead atoms. The summed E-state index contributed by atoms with van der Waals surface area (Å²) in [5.74, 6) is -1.22. The number of phenolic OH excluding ortho intramolecular Hbond substituents is 1. The number of hydrogen-bond donors (Lipinski definition) is 2. The number of nitrogens with zero attached hydrogens (tertiary/aromatic N) is 1. The Hall–Kier alpha value is -2.02. The van der Waals surface area contributed by atoms with Gasteiger partial charge in [0.05, 0.1) is 11.6 Å². The van der Waals surface area contributed by atoms with Gasteiger partial charge in [-0.25, -0.2) is 4.79 Å². The lowest BCUT2D eigenvalue weighted by Gasteiger charge is -2.11. The van der Waals surface area contributed by atoms with Crippen LogP contribution in [-0.4, -0.2) is 28.4 Å². The normalized spacial score (nSPS) is 10.5. The second kappa shape index (κ2) is 4.93. The molecular weight excluding hydrogens is 318 g/mol. The van der Waals surface area contributed by atoms with Crippen LogP contribution in [0.15, 0.2) is 21.1 Å². The minimum Gasteiger partial charge on any atom is -0.504 e. The van der Waals surface area contributed by atoms with Crippen molar-refractivity contribution in [1.29, 1.82) is 0 Å². The molecule has 0 fully saturated rings. The zero-order chi connectivity index (χ0) is 14.2. The molecule has 0 aliphatic carbocycles. The number of aromatic hydroxyl groups is 1. The summed E-state index contributed by atoms with van der Waals surface area (Å²) in [6.45, 7) is 1.76. The molecule has 0 spiro atoms. The fourth-order valence-electron chi connectivity index (χ4n) is 1.74. The summed E-state index contributed by atoms with van der Waals surface area (Å²) >= 11 is 3.31. The SMILES string of the molecule is COc1c(O)cc(C)c(-c2cc(C(=O)O)on2)c1Br. The number of methoxy groups -OCH3 is 1. The van der Waals surface area contributed by atoms with E-state index in [-0.39, 0.29) is 17.3 Å². The lowest BCUT2D eigenvalue weighted by Crippen LogP contribution is -1.93. The first-order chi connectivity index (χ1) is 8.95. The fourth-order valence-corrected chi connectivity index (χ4v) is 2.63. The van der Waals surface area contributed by atoms with Crippen LogP contribution >= 0.6 is 15.9 Å². The fraction of sp³-hybridized carbons (Fsp3) is 0.167. The molecule has 6 nitrogen and oxygen atoms in total. The van der Waals surface area contributed by atoms with Crippen LogP contribution in [0.5, 0.6) is 11.5 Å². The van der Waals surface area contributed by atoms with Crippen molar-refractivity contribution >= 4 is 21.9 Å². The maximum absolute atomic E-state index is 10.8. The maximum Gasteiger partial charge on any atom is 0.374 e. The third-order valence-electron chi connectivity index (χ3n) is 2.58. The Kier molecular flexibility index (Phi) is 3.48. The van der Waals surface area contributed by atoms with E-state index in [9.17, 15) is 9.90 Å². The standard InChI is InChI=1S/C12H10BrNO5/c1-5-3-7(15)11(18-2)10(13)9(5)6-4-8(12(16)17)19-14-6/h3-4,15H,1-2H3,(H,16,17). The molecule has 0 aliphatic heterocycles. The van der Waals surface area contributed by atoms with Crippen LogP contribution in [0.4, 0.5) is 0 Å². The Labute approximate surface area is 116 Å². The molecule has 1 aromatic heterocycles. The molecule has 100 valence electrons. The highest BCUT2D eigenvalue weighted by molar-refractivity contribution is 9.10. The molecule has 7 heteroatoms. The molecule has 2 aromatic rings. The number of phenols is 1. The van der Waals surface area contributed by atoms with Crippen LogP contribution in [-0.2, 0) is 0 Å². The summed E-state index contributed by atoms with van der Waals surface area (Å²) in [6.07, 6.45) is 0. The molecule has 0 aliphatic rings. The first-order valence-electron chi connectivity index (χ1n) is 5.22. The highest BCUT2D eigenvalue weighted by Crippen LogP contribution is 2.43. The molecule has 0 amide bonds. The van der Waals surface area contributed by atoms with Crippen molar-refractivity contribution in [3.05, 3.63) is 27.9 Å². The summed E-state index contributed by atoms with van der Waals surface area (Å²) in [4.78, 5) is 10.8. The van der Waals surface area contributed by atoms with Gasteiger partial charge in [0.2, 0.25) is 5.76 Å². The highest BCUT2D eigenvalue weighted by Gasteiger charge is 2.20. The number of aromatic nitrogens is 1. The van der Waals surface area contributed by atoms with E-state index in [4.69, 9.17) is 14.4 Å². The monoisotopic (exact) mass is 327 g/mol. The number of carboxylic acids is 1. The van der Waals surface area contributed by atoms with E-state index in [0.717, 1.165) is 0 Å². The zero-order valence-corrected chi connectivity index (χ0v) is 11.7. The Balaban J connectivity index is 2.64. The van der Waals surface area contributed by atoms with Crippen molar-refractivity contribution < 1.29 is 24.3 Å². The van der Waals surface area contributed by atoms with Crippen LogP contribution in [0.2, 0.25) is 0 Å². The van der Waals surface area contributed by atoms with Gasteiger partial charge < -0.3 is 19.5 Å². The van der Waals surface area contributed by atoms with Crippen molar-refractivity contribution in [3.63, 3.8) is 0 Å². The number of benzene rings is 1. The van der Waals surface area contributed by atoms with Gasteiger partial charge in [-0.2, -0.15) is 0 Å². The predicted octanol–water partition coefficient (Wildman–Crippen LogP) is 2.82. The van der Waals surface area contributed by atoms with E-state index in [2.05, 4.69) is 21.1 Å². The number of hydrogen-bond acceptors (Lipinski definition) is 5. The summed E-state index contributed by atoms with van der Waals surface area (Å²) in [6, 6.07) is 2.82. The van der Waals surface area contributed by atoms with E-state index in [1.54, 1.807) is 6.92 Å². The Morgan fingerprint density at radius 1 is 1.47 bits per heavy atom. The number of aromatic carboxylic acids is 1. The molecule has 0 saturated heterocycles. The molecule has 2 N–H and O–H groups in total. The maximum atomic E-state index is 10.8. The summed E-state index contributed by atoms with van der Waals surface area (Å²) < 4.78 is 10.3. The number of ether oxygens (including phenoxy) is 1. The lowest BCUT2D eigenvalue weighted by molar-refractivity contribution is 0.0652. The smallest absolute Gasteiger partial charge is 0.374 e. The van der Waals surface area contributed by atoms with Crippen LogP contribution in [0.3, 0.4) is 0 Å². The minimum absolute atomic E-state index is 0.0161. The third kappa shape index (κ3) is 2.28. The van der Waals surface area contributed by atoms with Gasteiger partial charge in [0.1, 0.15) is 5.69 Å². The average molecular weight is 328 g/mol. The van der Waals surface area contributed by atoms with E-state index < -0.39 is 5.97 Å². The summed E-state index contributed by atoms with van der Waals surface area (Å²) in [5, 5.41) is 22.3. The van der Waals surface area contributed by atoms with Crippen molar-refractivity contribution in [3.8, 4) is 22.8 Å². The number of carboxylic acid groups (broad SMARTS) is 1. The molecule has 0 unspecified atom stereocenters. The van der Waals surface area contributed by atoms with E-state index in [0.29, 0.717) is 21.3 Å². The summed E-state index contributed by atoms with van der Waals surface area (Å²) in [5.41, 5.74) is 1.65. The first-order valence-corrected chi connectivity index (χ1v) is 6.01. The molecular formula is C12H10BrNO5. The first kappa shape index (κ1) is 13.4. The van der Waals surface area contributed by atoms with Crippen molar-refractivity contribution in [1.82, 2.24) is 5.16 Å². The topological polar surface area (TPSA) is 92.8 Å². The molecule has 1 heterocycles. The minimum atomic E-state index is -1.20. The van der Waals surface area contributed by atoms with Gasteiger partial charge in [-0.05, 0) is 34.5 Å². The second-order valence-corrected chi connectivity index (χ2v) is 4.61. The van der Waals surface area contributed by atoms with E-state index in [1.807, 2.05) is 0 Å². The quantitative estimate of drug-likeness (QED) is 0.900. The molecule has 0 saturated carbocycles. The van der Waals surface area contributed by atoms with Crippen molar-refractivity contribution in [2.24, 2.45) is 0 Å². The van der Waals surface area contributed by atoms with Gasteiger partial charge in [-0.3, -0.25) is 0 Å². The van der Waals surface area contributed by atoms with Crippen molar-refractivity contribution in [2.75, 3.05) is 7.11 Å². The average Bonchev–Trinajstić information content (AvgIpc) is 2.78. The van der Waals surface area contributed by atoms with Crippen LogP contribution < -0.4 is 4.74 Å². The predicted molar refractivity (Wildman–Crippen MR) is 69.6 cm³/mol. The van der Waals surface area contributed by atoms with Gasteiger partial charge in [0, 0.05) is 11.6 Å². The molecule has 0 atom stereocenters. The van der Waals surface area contributed by atoms with E-state index in [1.165, 1.54) is 19.2 Å². The van der Waals surface area contributed by atoms with Gasteiger partial charge in [0.15, 0.2) is 11.5 Å². The van der Waals surface area contributed by atoms with Crippen LogP contribution in [0.1, 0.15) is 16.1 Å². The van der Waals surface area contributed by atoms with Crippen molar-refractivity contribution in [2.45, 2.75) is 6.92 Å². The Bertz CT molecular complexity index is 650. The second-order valence-electron chi connectivity index (χ2n) is 3.82. The van der Waals surface area contributed by atoms with Gasteiger partial charge >= 0.3 is 5.97 Å². The Morgan fingerprint density at radius 2 is 2.16 bits per heavy atom. The number of aryl methyl sites for hydroxylation is 1. The Morgan fingerprint density at radius 3 is 2.68 bits per heavy atom. The molecule has 19 heavy (non-hydrogen) atoms. The summed E-state index contributed by atoms with van der Waals surface area (Å²) in [7, 11) is 1.42. The third-order valence-corrected chi connectivity index (χ3v) is 3.34. The largest absolute Gasteiger partial charge is 0.504 e. The highest BCUT2D eigenvalue weighted by atomic mass is 79.9. The van der Waals surface area contributed by atoms with Crippen LogP contribution in [0.25, 0.3) is 11.3 Å². The number of rotatable bonds is 3. The van der Waals surface area contributed by atoms with E-state index >= 15 is 0 Å². The molecule has 2 rings (SSSR count). The molecule has 0 radical (unpaired) electrons. The number of halogens is 1. The molecule has 1 aromatic carbocycles. The lowest BCUT2D eigenvalue weighted by atomic mass is 10.0. The van der Waals surface area contributed by atoms with Gasteiger partial charge in [-0.1, -0.05) is 5.16 Å². The van der Waals surface area contributed by atoms with Gasteiger partial charge in [-0.15, -0.1) is 0 Å². The number of carbonyl (C=O) groups is 1. The van der Waals surface area contributed by atoms with Crippen LogP contribution in [0, 0.1) is 6.92 Å². The zero-order valence-electron chi connectivity index (χ0n) is 10.1. The van der Waals surface area contributed by atoms with Gasteiger partial charge in [0.25, 0.3) is 0 Å².